The minimum Gasteiger partial charge on any atom is -0.341 e. The molecule has 8 heteroatoms. The van der Waals surface area contributed by atoms with Crippen LogP contribution in [0.15, 0.2) is 30.7 Å². The van der Waals surface area contributed by atoms with Crippen molar-refractivity contribution in [2.45, 2.75) is 0 Å². The van der Waals surface area contributed by atoms with Crippen molar-refractivity contribution >= 4 is 28.0 Å². The van der Waals surface area contributed by atoms with Crippen LogP contribution in [0.25, 0.3) is 33.3 Å². The average molecular weight is 360 g/mol. The van der Waals surface area contributed by atoms with Gasteiger partial charge in [0, 0.05) is 44.2 Å². The van der Waals surface area contributed by atoms with Gasteiger partial charge in [0.05, 0.1) is 18.0 Å². The zero-order chi connectivity index (χ0) is 18.0. The number of anilines is 1. The quantitative estimate of drug-likeness (QED) is 0.564. The first kappa shape index (κ1) is 15.1. The van der Waals surface area contributed by atoms with Gasteiger partial charge in [-0.1, -0.05) is 6.07 Å². The van der Waals surface area contributed by atoms with E-state index < -0.39 is 0 Å². The molecule has 2 aliphatic rings. The lowest BCUT2D eigenvalue weighted by atomic mass is 10.0. The van der Waals surface area contributed by atoms with Gasteiger partial charge in [0.25, 0.3) is 0 Å². The molecule has 8 nitrogen and oxygen atoms in total. The van der Waals surface area contributed by atoms with Crippen LogP contribution in [0.5, 0.6) is 0 Å². The highest BCUT2D eigenvalue weighted by Gasteiger charge is 2.37. The molecule has 0 spiro atoms. The molecule has 3 aromatic heterocycles. The molecule has 0 aliphatic carbocycles. The van der Waals surface area contributed by atoms with E-state index in [1.807, 2.05) is 17.9 Å². The first-order chi connectivity index (χ1) is 13.3. The molecule has 2 atom stereocenters. The van der Waals surface area contributed by atoms with Crippen molar-refractivity contribution in [1.29, 1.82) is 0 Å². The number of benzene rings is 1. The second-order valence-electron chi connectivity index (χ2n) is 7.60. The largest absolute Gasteiger partial charge is 0.341 e. The number of aryl methyl sites for hydroxylation is 1. The lowest BCUT2D eigenvalue weighted by molar-refractivity contribution is 0.533. The highest BCUT2D eigenvalue weighted by Crippen LogP contribution is 2.32. The smallest absolute Gasteiger partial charge is 0.228 e. The molecular weight excluding hydrogens is 340 g/mol. The molecule has 6 rings (SSSR count). The lowest BCUT2D eigenvalue weighted by Gasteiger charge is -2.18. The summed E-state index contributed by atoms with van der Waals surface area (Å²) in [6.45, 7) is 4.20. The minimum absolute atomic E-state index is 0.693. The highest BCUT2D eigenvalue weighted by molar-refractivity contribution is 5.92. The molecule has 2 fully saturated rings. The Morgan fingerprint density at radius 3 is 2.81 bits per heavy atom. The molecule has 0 amide bonds. The van der Waals surface area contributed by atoms with Crippen molar-refractivity contribution in [1.82, 2.24) is 35.0 Å². The summed E-state index contributed by atoms with van der Waals surface area (Å²) in [6, 6.07) is 6.32. The number of fused-ring (bicyclic) bond motifs is 3. The number of hydrogen-bond donors (Lipinski definition) is 2. The maximum atomic E-state index is 4.96. The fourth-order valence-corrected chi connectivity index (χ4v) is 4.50. The Balaban J connectivity index is 1.48. The standard InChI is InChI=1S/C19H20N8/c1-26-15-3-2-11(4-12(15)7-23-26)16-17-18(22-10-21-17)25-19(24-16)27-8-13-5-20-6-14(13)9-27/h2-4,7,10,13-14,20H,5-6,8-9H2,1H3,(H,21,22,24,25)/t13-,14-/m1/s1. The second kappa shape index (κ2) is 5.50. The molecule has 2 aliphatic heterocycles. The van der Waals surface area contributed by atoms with Crippen LogP contribution in [0, 0.1) is 11.8 Å². The number of rotatable bonds is 2. The number of H-pyrrole nitrogens is 1. The first-order valence-corrected chi connectivity index (χ1v) is 9.35. The Morgan fingerprint density at radius 2 is 1.96 bits per heavy atom. The van der Waals surface area contributed by atoms with Crippen molar-refractivity contribution in [2.24, 2.45) is 18.9 Å². The second-order valence-corrected chi connectivity index (χ2v) is 7.60. The summed E-state index contributed by atoms with van der Waals surface area (Å²) >= 11 is 0. The van der Waals surface area contributed by atoms with Gasteiger partial charge in [-0.2, -0.15) is 10.1 Å². The number of hydrogen-bond acceptors (Lipinski definition) is 6. The fraction of sp³-hybridized carbons (Fsp3) is 0.368. The van der Waals surface area contributed by atoms with Gasteiger partial charge in [0.1, 0.15) is 11.2 Å². The molecule has 2 saturated heterocycles. The van der Waals surface area contributed by atoms with E-state index in [9.17, 15) is 0 Å². The van der Waals surface area contributed by atoms with Crippen molar-refractivity contribution in [2.75, 3.05) is 31.1 Å². The third-order valence-corrected chi connectivity index (χ3v) is 5.97. The molecule has 27 heavy (non-hydrogen) atoms. The topological polar surface area (TPSA) is 87.6 Å². The maximum Gasteiger partial charge on any atom is 0.228 e. The van der Waals surface area contributed by atoms with Gasteiger partial charge in [-0.25, -0.2) is 9.97 Å². The number of aromatic nitrogens is 6. The van der Waals surface area contributed by atoms with Gasteiger partial charge in [0.2, 0.25) is 5.95 Å². The van der Waals surface area contributed by atoms with Gasteiger partial charge in [-0.3, -0.25) is 4.68 Å². The van der Waals surface area contributed by atoms with Crippen LogP contribution in [0.1, 0.15) is 0 Å². The zero-order valence-electron chi connectivity index (χ0n) is 15.1. The third-order valence-electron chi connectivity index (χ3n) is 5.97. The molecule has 2 N–H and O–H groups in total. The number of nitrogens with zero attached hydrogens (tertiary/aromatic N) is 6. The highest BCUT2D eigenvalue weighted by atomic mass is 15.3. The van der Waals surface area contributed by atoms with Crippen molar-refractivity contribution in [3.05, 3.63) is 30.7 Å². The Labute approximate surface area is 155 Å². The van der Waals surface area contributed by atoms with E-state index in [0.717, 1.165) is 65.5 Å². The van der Waals surface area contributed by atoms with E-state index in [0.29, 0.717) is 11.8 Å². The van der Waals surface area contributed by atoms with E-state index in [-0.39, 0.29) is 0 Å². The molecule has 4 aromatic rings. The normalized spacial score (nSPS) is 22.2. The number of imidazole rings is 1. The molecule has 0 unspecified atom stereocenters. The van der Waals surface area contributed by atoms with Crippen LogP contribution in [0.4, 0.5) is 5.95 Å². The van der Waals surface area contributed by atoms with Crippen LogP contribution in [0.2, 0.25) is 0 Å². The summed E-state index contributed by atoms with van der Waals surface area (Å²) in [4.78, 5) is 19.6. The van der Waals surface area contributed by atoms with Gasteiger partial charge in [0.15, 0.2) is 5.65 Å². The Hall–Kier alpha value is -3.00. The number of aromatic amines is 1. The molecule has 0 saturated carbocycles. The van der Waals surface area contributed by atoms with Gasteiger partial charge < -0.3 is 15.2 Å². The molecular formula is C19H20N8. The summed E-state index contributed by atoms with van der Waals surface area (Å²) < 4.78 is 1.88. The minimum atomic E-state index is 0.693. The van der Waals surface area contributed by atoms with E-state index in [1.165, 1.54) is 0 Å². The Kier molecular flexibility index (Phi) is 3.07. The summed E-state index contributed by atoms with van der Waals surface area (Å²) in [5.41, 5.74) is 4.65. The Bertz CT molecular complexity index is 1150. The van der Waals surface area contributed by atoms with Gasteiger partial charge in [-0.05, 0) is 24.0 Å². The van der Waals surface area contributed by atoms with Crippen LogP contribution in [-0.4, -0.2) is 55.9 Å². The third kappa shape index (κ3) is 2.26. The van der Waals surface area contributed by atoms with Crippen LogP contribution in [-0.2, 0) is 7.05 Å². The van der Waals surface area contributed by atoms with Crippen molar-refractivity contribution < 1.29 is 0 Å². The van der Waals surface area contributed by atoms with Crippen LogP contribution in [0.3, 0.4) is 0 Å². The molecule has 5 heterocycles. The summed E-state index contributed by atoms with van der Waals surface area (Å²) in [5.74, 6) is 2.17. The van der Waals surface area contributed by atoms with E-state index in [2.05, 4.69) is 43.5 Å². The summed E-state index contributed by atoms with van der Waals surface area (Å²) in [7, 11) is 1.96. The fourth-order valence-electron chi connectivity index (χ4n) is 4.50. The predicted octanol–water partition coefficient (Wildman–Crippen LogP) is 1.56. The molecule has 0 bridgehead atoms. The van der Waals surface area contributed by atoms with E-state index in [1.54, 1.807) is 6.33 Å². The van der Waals surface area contributed by atoms with Gasteiger partial charge in [-0.15, -0.1) is 0 Å². The molecule has 1 aromatic carbocycles. The van der Waals surface area contributed by atoms with Crippen molar-refractivity contribution in [3.8, 4) is 11.3 Å². The summed E-state index contributed by atoms with van der Waals surface area (Å²) in [6.07, 6.45) is 3.58. The summed E-state index contributed by atoms with van der Waals surface area (Å²) in [5, 5.41) is 8.93. The van der Waals surface area contributed by atoms with E-state index in [4.69, 9.17) is 9.97 Å². The van der Waals surface area contributed by atoms with Gasteiger partial charge >= 0.3 is 0 Å². The number of nitrogens with one attached hydrogen (secondary N) is 2. The first-order valence-electron chi connectivity index (χ1n) is 9.35. The zero-order valence-corrected chi connectivity index (χ0v) is 15.1. The predicted molar refractivity (Wildman–Crippen MR) is 103 cm³/mol. The van der Waals surface area contributed by atoms with Crippen LogP contribution < -0.4 is 10.2 Å². The Morgan fingerprint density at radius 1 is 1.11 bits per heavy atom. The van der Waals surface area contributed by atoms with Crippen molar-refractivity contribution in [3.63, 3.8) is 0 Å². The molecule has 136 valence electrons. The SMILES string of the molecule is Cn1ncc2cc(-c3nc(N4C[C@H]5CNC[C@@H]5C4)nc4nc[nH]c34)ccc21. The van der Waals surface area contributed by atoms with Crippen LogP contribution >= 0.6 is 0 Å². The molecule has 0 radical (unpaired) electrons. The maximum absolute atomic E-state index is 4.96. The monoisotopic (exact) mass is 360 g/mol. The van der Waals surface area contributed by atoms with E-state index >= 15 is 0 Å². The average Bonchev–Trinajstić information content (AvgIpc) is 3.44. The lowest BCUT2D eigenvalue weighted by Crippen LogP contribution is -2.27.